The number of amides is 1. The smallest absolute Gasteiger partial charge is 0.267 e. The number of hydrogen-bond acceptors (Lipinski definition) is 6. The SMILES string of the molecule is CCNc1nc(N)c(C(=O)N(C)CC2CCCN2CC)s1. The zero-order valence-electron chi connectivity index (χ0n) is 13.1. The molecule has 7 heteroatoms. The van der Waals surface area contributed by atoms with Gasteiger partial charge in [0.15, 0.2) is 5.13 Å². The van der Waals surface area contributed by atoms with E-state index in [9.17, 15) is 4.79 Å². The fourth-order valence-electron chi connectivity index (χ4n) is 2.80. The molecule has 1 aliphatic rings. The predicted octanol–water partition coefficient (Wildman–Crippen LogP) is 1.71. The van der Waals surface area contributed by atoms with Gasteiger partial charge in [-0.2, -0.15) is 0 Å². The number of thiazole rings is 1. The number of anilines is 2. The molecule has 1 unspecified atom stereocenters. The van der Waals surface area contributed by atoms with Crippen molar-refractivity contribution in [3.05, 3.63) is 4.88 Å². The molecule has 3 N–H and O–H groups in total. The number of nitrogens with zero attached hydrogens (tertiary/aromatic N) is 3. The van der Waals surface area contributed by atoms with Gasteiger partial charge in [-0.05, 0) is 32.9 Å². The highest BCUT2D eigenvalue weighted by Crippen LogP contribution is 2.26. The van der Waals surface area contributed by atoms with Crippen LogP contribution in [0.2, 0.25) is 0 Å². The summed E-state index contributed by atoms with van der Waals surface area (Å²) in [6.45, 7) is 7.86. The normalized spacial score (nSPS) is 18.9. The molecule has 1 aromatic heterocycles. The molecule has 0 spiro atoms. The summed E-state index contributed by atoms with van der Waals surface area (Å²) in [5.74, 6) is 0.295. The van der Waals surface area contributed by atoms with E-state index < -0.39 is 0 Å². The molecular formula is C14H25N5OS. The highest BCUT2D eigenvalue weighted by molar-refractivity contribution is 7.18. The summed E-state index contributed by atoms with van der Waals surface area (Å²) in [5.41, 5.74) is 5.87. The van der Waals surface area contributed by atoms with E-state index in [1.807, 2.05) is 14.0 Å². The number of aromatic nitrogens is 1. The lowest BCUT2D eigenvalue weighted by molar-refractivity contribution is 0.0760. The van der Waals surface area contributed by atoms with Gasteiger partial charge in [-0.15, -0.1) is 0 Å². The number of carbonyl (C=O) groups excluding carboxylic acids is 1. The van der Waals surface area contributed by atoms with E-state index >= 15 is 0 Å². The third-order valence-corrected chi connectivity index (χ3v) is 4.93. The van der Waals surface area contributed by atoms with Gasteiger partial charge in [-0.3, -0.25) is 9.69 Å². The van der Waals surface area contributed by atoms with Crippen LogP contribution in [0.25, 0.3) is 0 Å². The molecule has 2 rings (SSSR count). The number of carbonyl (C=O) groups is 1. The van der Waals surface area contributed by atoms with E-state index in [4.69, 9.17) is 5.73 Å². The average molecular weight is 311 g/mol. The molecule has 0 radical (unpaired) electrons. The van der Waals surface area contributed by atoms with E-state index in [-0.39, 0.29) is 5.91 Å². The molecule has 2 heterocycles. The number of nitrogens with one attached hydrogen (secondary N) is 1. The molecule has 0 bridgehead atoms. The number of nitrogen functional groups attached to an aromatic ring is 1. The summed E-state index contributed by atoms with van der Waals surface area (Å²) in [6, 6.07) is 0.464. The van der Waals surface area contributed by atoms with Crippen LogP contribution in [-0.4, -0.2) is 60.0 Å². The molecule has 118 valence electrons. The summed E-state index contributed by atoms with van der Waals surface area (Å²) in [7, 11) is 1.85. The van der Waals surface area contributed by atoms with Gasteiger partial charge in [0.05, 0.1) is 0 Å². The zero-order valence-corrected chi connectivity index (χ0v) is 13.9. The van der Waals surface area contributed by atoms with Crippen LogP contribution in [0.5, 0.6) is 0 Å². The Balaban J connectivity index is 2.01. The summed E-state index contributed by atoms with van der Waals surface area (Å²) >= 11 is 1.33. The van der Waals surface area contributed by atoms with Crippen molar-refractivity contribution in [2.45, 2.75) is 32.7 Å². The number of likely N-dealkylation sites (N-methyl/N-ethyl adjacent to an activating group) is 2. The minimum absolute atomic E-state index is 0.0305. The van der Waals surface area contributed by atoms with Gasteiger partial charge in [-0.25, -0.2) is 4.98 Å². The highest BCUT2D eigenvalue weighted by atomic mass is 32.1. The molecule has 0 saturated carbocycles. The summed E-state index contributed by atoms with van der Waals surface area (Å²) < 4.78 is 0. The Morgan fingerprint density at radius 3 is 3.00 bits per heavy atom. The van der Waals surface area contributed by atoms with E-state index in [1.165, 1.54) is 17.8 Å². The van der Waals surface area contributed by atoms with Gasteiger partial charge in [0.1, 0.15) is 10.7 Å². The summed E-state index contributed by atoms with van der Waals surface area (Å²) in [4.78, 5) is 21.5. The molecule has 1 atom stereocenters. The van der Waals surface area contributed by atoms with Gasteiger partial charge >= 0.3 is 0 Å². The van der Waals surface area contributed by atoms with Crippen LogP contribution in [0.1, 0.15) is 36.4 Å². The fourth-order valence-corrected chi connectivity index (χ4v) is 3.75. The molecule has 21 heavy (non-hydrogen) atoms. The van der Waals surface area contributed by atoms with E-state index in [0.717, 1.165) is 32.6 Å². The Morgan fingerprint density at radius 1 is 1.57 bits per heavy atom. The Morgan fingerprint density at radius 2 is 2.33 bits per heavy atom. The van der Waals surface area contributed by atoms with Gasteiger partial charge in [0.2, 0.25) is 0 Å². The first-order valence-corrected chi connectivity index (χ1v) is 8.38. The van der Waals surface area contributed by atoms with Crippen molar-refractivity contribution in [3.8, 4) is 0 Å². The number of hydrogen-bond donors (Lipinski definition) is 2. The molecule has 1 aromatic rings. The fraction of sp³-hybridized carbons (Fsp3) is 0.714. The topological polar surface area (TPSA) is 74.5 Å². The van der Waals surface area contributed by atoms with Gasteiger partial charge in [0, 0.05) is 26.2 Å². The Labute approximate surface area is 130 Å². The van der Waals surface area contributed by atoms with Gasteiger partial charge in [0.25, 0.3) is 5.91 Å². The van der Waals surface area contributed by atoms with Crippen molar-refractivity contribution < 1.29 is 4.79 Å². The summed E-state index contributed by atoms with van der Waals surface area (Å²) in [5, 5.41) is 3.81. The largest absolute Gasteiger partial charge is 0.382 e. The van der Waals surface area contributed by atoms with Gasteiger partial charge < -0.3 is 16.0 Å². The van der Waals surface area contributed by atoms with Crippen molar-refractivity contribution in [1.29, 1.82) is 0 Å². The number of rotatable bonds is 6. The second kappa shape index (κ2) is 7.09. The lowest BCUT2D eigenvalue weighted by atomic mass is 10.2. The van der Waals surface area contributed by atoms with Crippen LogP contribution in [0, 0.1) is 0 Å². The number of likely N-dealkylation sites (tertiary alicyclic amines) is 1. The van der Waals surface area contributed by atoms with Crippen molar-refractivity contribution >= 4 is 28.2 Å². The third-order valence-electron chi connectivity index (χ3n) is 3.91. The Hall–Kier alpha value is -1.34. The van der Waals surface area contributed by atoms with E-state index in [0.29, 0.717) is 21.9 Å². The lowest BCUT2D eigenvalue weighted by Crippen LogP contribution is -2.41. The van der Waals surface area contributed by atoms with Gasteiger partial charge in [-0.1, -0.05) is 18.3 Å². The maximum atomic E-state index is 12.5. The highest BCUT2D eigenvalue weighted by Gasteiger charge is 2.27. The Bertz CT molecular complexity index is 490. The van der Waals surface area contributed by atoms with Crippen LogP contribution >= 0.6 is 11.3 Å². The third kappa shape index (κ3) is 3.65. The summed E-state index contributed by atoms with van der Waals surface area (Å²) in [6.07, 6.45) is 2.38. The molecule has 0 aromatic carbocycles. The number of nitrogens with two attached hydrogens (primary N) is 1. The monoisotopic (exact) mass is 311 g/mol. The average Bonchev–Trinajstić information content (AvgIpc) is 3.04. The molecule has 1 saturated heterocycles. The maximum Gasteiger partial charge on any atom is 0.267 e. The molecule has 0 aliphatic carbocycles. The minimum Gasteiger partial charge on any atom is -0.382 e. The lowest BCUT2D eigenvalue weighted by Gasteiger charge is -2.27. The van der Waals surface area contributed by atoms with Crippen molar-refractivity contribution in [2.75, 3.05) is 44.3 Å². The van der Waals surface area contributed by atoms with Crippen molar-refractivity contribution in [1.82, 2.24) is 14.8 Å². The maximum absolute atomic E-state index is 12.5. The molecular weight excluding hydrogens is 286 g/mol. The zero-order chi connectivity index (χ0) is 15.4. The molecule has 1 aliphatic heterocycles. The molecule has 6 nitrogen and oxygen atoms in total. The molecule has 1 amide bonds. The second-order valence-corrected chi connectivity index (χ2v) is 6.37. The minimum atomic E-state index is -0.0305. The van der Waals surface area contributed by atoms with Crippen LogP contribution in [-0.2, 0) is 0 Å². The van der Waals surface area contributed by atoms with Crippen LogP contribution in [0.4, 0.5) is 10.9 Å². The van der Waals surface area contributed by atoms with E-state index in [1.54, 1.807) is 4.90 Å². The predicted molar refractivity (Wildman–Crippen MR) is 87.9 cm³/mol. The first-order valence-electron chi connectivity index (χ1n) is 7.56. The standard InChI is InChI=1S/C14H25N5OS/c1-4-16-14-17-12(15)11(21-14)13(20)18(3)9-10-7-6-8-19(10)5-2/h10H,4-9,15H2,1-3H3,(H,16,17). The van der Waals surface area contributed by atoms with Crippen molar-refractivity contribution in [2.24, 2.45) is 0 Å². The van der Waals surface area contributed by atoms with Crippen molar-refractivity contribution in [3.63, 3.8) is 0 Å². The van der Waals surface area contributed by atoms with Crippen LogP contribution in [0.3, 0.4) is 0 Å². The van der Waals surface area contributed by atoms with Crippen LogP contribution < -0.4 is 11.1 Å². The Kier molecular flexibility index (Phi) is 5.41. The van der Waals surface area contributed by atoms with Crippen LogP contribution in [0.15, 0.2) is 0 Å². The first-order chi connectivity index (χ1) is 10.1. The quantitative estimate of drug-likeness (QED) is 0.836. The second-order valence-electron chi connectivity index (χ2n) is 5.37. The van der Waals surface area contributed by atoms with E-state index in [2.05, 4.69) is 22.1 Å². The molecule has 1 fully saturated rings. The first kappa shape index (κ1) is 16.0.